The molecule has 0 spiro atoms. The van der Waals surface area contributed by atoms with Crippen LogP contribution in [0.2, 0.25) is 0 Å². The molecule has 0 aliphatic heterocycles. The van der Waals surface area contributed by atoms with Crippen molar-refractivity contribution >= 4 is 17.3 Å². The van der Waals surface area contributed by atoms with E-state index in [2.05, 4.69) is 0 Å². The second-order valence-electron chi connectivity index (χ2n) is 4.36. The van der Waals surface area contributed by atoms with Gasteiger partial charge in [0.25, 0.3) is 0 Å². The van der Waals surface area contributed by atoms with Gasteiger partial charge < -0.3 is 20.9 Å². The summed E-state index contributed by atoms with van der Waals surface area (Å²) in [5, 5.41) is 0. The molecule has 0 unspecified atom stereocenters. The predicted molar refractivity (Wildman–Crippen MR) is 77.3 cm³/mol. The summed E-state index contributed by atoms with van der Waals surface area (Å²) in [4.78, 5) is 11.9. The van der Waals surface area contributed by atoms with Gasteiger partial charge in [-0.2, -0.15) is 0 Å². The molecule has 2 aromatic rings. The normalized spacial score (nSPS) is 10.2. The van der Waals surface area contributed by atoms with Gasteiger partial charge in [0.1, 0.15) is 6.61 Å². The molecule has 0 bridgehead atoms. The van der Waals surface area contributed by atoms with Gasteiger partial charge in [0.2, 0.25) is 0 Å². The largest absolute Gasteiger partial charge is 0.494 e. The lowest BCUT2D eigenvalue weighted by atomic mass is 10.1. The fourth-order valence-electron chi connectivity index (χ4n) is 1.81. The van der Waals surface area contributed by atoms with Crippen LogP contribution in [0, 0.1) is 5.82 Å². The molecule has 0 amide bonds. The Labute approximate surface area is 121 Å². The van der Waals surface area contributed by atoms with Gasteiger partial charge in [0.15, 0.2) is 11.6 Å². The van der Waals surface area contributed by atoms with Crippen LogP contribution >= 0.6 is 0 Å². The minimum absolute atomic E-state index is 0.0931. The van der Waals surface area contributed by atoms with Crippen LogP contribution in [-0.2, 0) is 11.3 Å². The number of nitrogens with two attached hydrogens (primary N) is 2. The highest BCUT2D eigenvalue weighted by Crippen LogP contribution is 2.22. The van der Waals surface area contributed by atoms with Crippen LogP contribution in [0.1, 0.15) is 15.9 Å². The van der Waals surface area contributed by atoms with Crippen LogP contribution in [0.4, 0.5) is 15.8 Å². The second-order valence-corrected chi connectivity index (χ2v) is 4.36. The molecule has 2 rings (SSSR count). The molecule has 0 aliphatic carbocycles. The van der Waals surface area contributed by atoms with Gasteiger partial charge in [-0.3, -0.25) is 0 Å². The van der Waals surface area contributed by atoms with Crippen LogP contribution in [-0.4, -0.2) is 13.1 Å². The molecule has 5 nitrogen and oxygen atoms in total. The highest BCUT2D eigenvalue weighted by atomic mass is 19.1. The summed E-state index contributed by atoms with van der Waals surface area (Å²) < 4.78 is 23.8. The lowest BCUT2D eigenvalue weighted by Crippen LogP contribution is -2.09. The van der Waals surface area contributed by atoms with Gasteiger partial charge in [-0.1, -0.05) is 12.1 Å². The van der Waals surface area contributed by atoms with Gasteiger partial charge in [-0.05, 0) is 24.3 Å². The molecule has 0 aliphatic rings. The molecule has 0 aromatic heterocycles. The fourth-order valence-corrected chi connectivity index (χ4v) is 1.81. The van der Waals surface area contributed by atoms with Crippen LogP contribution in [0.3, 0.4) is 0 Å². The minimum Gasteiger partial charge on any atom is -0.494 e. The van der Waals surface area contributed by atoms with Gasteiger partial charge in [0.05, 0.1) is 12.7 Å². The zero-order valence-electron chi connectivity index (χ0n) is 11.4. The van der Waals surface area contributed by atoms with Crippen molar-refractivity contribution in [1.29, 1.82) is 0 Å². The topological polar surface area (TPSA) is 87.6 Å². The van der Waals surface area contributed by atoms with E-state index in [1.165, 1.54) is 31.4 Å². The minimum atomic E-state index is -0.644. The Kier molecular flexibility index (Phi) is 4.27. The number of anilines is 2. The first kappa shape index (κ1) is 14.6. The Morgan fingerprint density at radius 1 is 1.24 bits per heavy atom. The lowest BCUT2D eigenvalue weighted by Gasteiger charge is -2.09. The summed E-state index contributed by atoms with van der Waals surface area (Å²) in [5.74, 6) is -1.11. The lowest BCUT2D eigenvalue weighted by molar-refractivity contribution is 0.0469. The monoisotopic (exact) mass is 290 g/mol. The first-order valence-electron chi connectivity index (χ1n) is 6.16. The fraction of sp³-hybridized carbons (Fsp3) is 0.133. The third-order valence-electron chi connectivity index (χ3n) is 2.92. The summed E-state index contributed by atoms with van der Waals surface area (Å²) >= 11 is 0. The van der Waals surface area contributed by atoms with E-state index in [9.17, 15) is 9.18 Å². The molecule has 0 atom stereocenters. The third-order valence-corrected chi connectivity index (χ3v) is 2.92. The van der Waals surface area contributed by atoms with Crippen molar-refractivity contribution < 1.29 is 18.7 Å². The number of carbonyl (C=O) groups is 1. The van der Waals surface area contributed by atoms with Crippen LogP contribution < -0.4 is 16.2 Å². The number of hydrogen-bond acceptors (Lipinski definition) is 5. The van der Waals surface area contributed by atoms with E-state index in [-0.39, 0.29) is 29.2 Å². The number of ether oxygens (including phenoxy) is 2. The maximum atomic E-state index is 13.9. The summed E-state index contributed by atoms with van der Waals surface area (Å²) in [6, 6.07) is 9.08. The Morgan fingerprint density at radius 3 is 2.67 bits per heavy atom. The quantitative estimate of drug-likeness (QED) is 0.666. The summed E-state index contributed by atoms with van der Waals surface area (Å²) in [6.07, 6.45) is 0. The van der Waals surface area contributed by atoms with Crippen molar-refractivity contribution in [1.82, 2.24) is 0 Å². The summed E-state index contributed by atoms with van der Waals surface area (Å²) in [7, 11) is 1.36. The molecule has 0 saturated carbocycles. The maximum absolute atomic E-state index is 13.9. The van der Waals surface area contributed by atoms with E-state index in [0.29, 0.717) is 5.69 Å². The van der Waals surface area contributed by atoms with Crippen LogP contribution in [0.5, 0.6) is 5.75 Å². The van der Waals surface area contributed by atoms with Crippen molar-refractivity contribution in [3.8, 4) is 5.75 Å². The van der Waals surface area contributed by atoms with Gasteiger partial charge in [0, 0.05) is 16.9 Å². The highest BCUT2D eigenvalue weighted by molar-refractivity contribution is 5.95. The van der Waals surface area contributed by atoms with Gasteiger partial charge >= 0.3 is 5.97 Å². The van der Waals surface area contributed by atoms with Crippen LogP contribution in [0.15, 0.2) is 36.4 Å². The van der Waals surface area contributed by atoms with Gasteiger partial charge in [-0.25, -0.2) is 9.18 Å². The molecule has 0 heterocycles. The molecule has 0 fully saturated rings. The molecular weight excluding hydrogens is 275 g/mol. The number of benzene rings is 2. The first-order valence-corrected chi connectivity index (χ1v) is 6.16. The SMILES string of the molecule is COc1cccc(COC(=O)c2ccc(N)cc2N)c1F. The van der Waals surface area contributed by atoms with Crippen molar-refractivity contribution in [2.24, 2.45) is 0 Å². The average molecular weight is 290 g/mol. The summed E-state index contributed by atoms with van der Waals surface area (Å²) in [6.45, 7) is -0.217. The zero-order chi connectivity index (χ0) is 15.4. The molecular formula is C15H15FN2O3. The molecule has 2 aromatic carbocycles. The number of rotatable bonds is 4. The zero-order valence-corrected chi connectivity index (χ0v) is 11.4. The van der Waals surface area contributed by atoms with E-state index in [1.54, 1.807) is 12.1 Å². The molecule has 0 saturated heterocycles. The number of carbonyl (C=O) groups excluding carboxylic acids is 1. The Morgan fingerprint density at radius 2 is 2.00 bits per heavy atom. The third kappa shape index (κ3) is 3.22. The Balaban J connectivity index is 2.11. The first-order chi connectivity index (χ1) is 10.0. The average Bonchev–Trinajstić information content (AvgIpc) is 2.46. The molecule has 110 valence electrons. The Hall–Kier alpha value is -2.76. The van der Waals surface area contributed by atoms with Gasteiger partial charge in [-0.15, -0.1) is 0 Å². The standard InChI is InChI=1S/C15H15FN2O3/c1-20-13-4-2-3-9(14(13)16)8-21-15(19)11-6-5-10(17)7-12(11)18/h2-7H,8,17-18H2,1H3. The molecule has 21 heavy (non-hydrogen) atoms. The molecule has 0 radical (unpaired) electrons. The molecule has 4 N–H and O–H groups in total. The van der Waals surface area contributed by atoms with Crippen molar-refractivity contribution in [2.45, 2.75) is 6.61 Å². The van der Waals surface area contributed by atoms with E-state index in [1.807, 2.05) is 0 Å². The number of hydrogen-bond donors (Lipinski definition) is 2. The van der Waals surface area contributed by atoms with E-state index in [4.69, 9.17) is 20.9 Å². The van der Waals surface area contributed by atoms with Crippen molar-refractivity contribution in [2.75, 3.05) is 18.6 Å². The summed E-state index contributed by atoms with van der Waals surface area (Å²) in [5.41, 5.74) is 12.3. The van der Waals surface area contributed by atoms with Crippen molar-refractivity contribution in [3.63, 3.8) is 0 Å². The van der Waals surface area contributed by atoms with Crippen molar-refractivity contribution in [3.05, 3.63) is 53.3 Å². The second kappa shape index (κ2) is 6.13. The van der Waals surface area contributed by atoms with E-state index >= 15 is 0 Å². The smallest absolute Gasteiger partial charge is 0.340 e. The van der Waals surface area contributed by atoms with Crippen LogP contribution in [0.25, 0.3) is 0 Å². The van der Waals surface area contributed by atoms with E-state index < -0.39 is 11.8 Å². The predicted octanol–water partition coefficient (Wildman–Crippen LogP) is 2.36. The number of esters is 1. The molecule has 6 heteroatoms. The number of methoxy groups -OCH3 is 1. The maximum Gasteiger partial charge on any atom is 0.340 e. The number of nitrogen functional groups attached to an aromatic ring is 2. The number of halogens is 1. The highest BCUT2D eigenvalue weighted by Gasteiger charge is 2.14. The Bertz CT molecular complexity index is 674. The van der Waals surface area contributed by atoms with E-state index in [0.717, 1.165) is 0 Å².